The van der Waals surface area contributed by atoms with E-state index in [-0.39, 0.29) is 11.4 Å². The molecular weight excluding hydrogens is 320 g/mol. The molecule has 0 saturated carbocycles. The fraction of sp³-hybridized carbons (Fsp3) is 0.267. The zero-order chi connectivity index (χ0) is 16.9. The second-order valence-electron chi connectivity index (χ2n) is 5.07. The van der Waals surface area contributed by atoms with Gasteiger partial charge in [-0.05, 0) is 36.2 Å². The van der Waals surface area contributed by atoms with Crippen LogP contribution in [0.2, 0.25) is 0 Å². The van der Waals surface area contributed by atoms with Crippen molar-refractivity contribution in [2.24, 2.45) is 5.10 Å². The summed E-state index contributed by atoms with van der Waals surface area (Å²) >= 11 is 0. The number of alkyl halides is 2. The fourth-order valence-corrected chi connectivity index (χ4v) is 2.24. The van der Waals surface area contributed by atoms with Crippen molar-refractivity contribution in [1.29, 1.82) is 0 Å². The molecule has 1 aliphatic heterocycles. The number of benzene rings is 1. The summed E-state index contributed by atoms with van der Waals surface area (Å²) < 4.78 is 30.2. The number of halogens is 2. The summed E-state index contributed by atoms with van der Waals surface area (Å²) in [6, 6.07) is 5.88. The smallest absolute Gasteiger partial charge is 0.387 e. The van der Waals surface area contributed by atoms with Crippen LogP contribution in [-0.4, -0.2) is 34.8 Å². The summed E-state index contributed by atoms with van der Waals surface area (Å²) in [5.41, 5.74) is 3.28. The van der Waals surface area contributed by atoms with Crippen molar-refractivity contribution in [3.63, 3.8) is 0 Å². The number of ether oxygens (including phenoxy) is 1. The third-order valence-corrected chi connectivity index (χ3v) is 3.35. The van der Waals surface area contributed by atoms with Gasteiger partial charge in [-0.15, -0.1) is 0 Å². The first kappa shape index (κ1) is 15.9. The lowest BCUT2D eigenvalue weighted by molar-refractivity contribution is -0.0498. The number of carbonyl (C=O) groups is 1. The van der Waals surface area contributed by atoms with Gasteiger partial charge in [0.2, 0.25) is 5.95 Å². The molecule has 0 saturated heterocycles. The normalized spacial score (nSPS) is 13.6. The number of nitrogens with one attached hydrogen (secondary N) is 2. The van der Waals surface area contributed by atoms with Crippen LogP contribution in [-0.2, 0) is 6.54 Å². The summed E-state index contributed by atoms with van der Waals surface area (Å²) in [6.45, 7) is -1.21. The molecule has 1 aromatic carbocycles. The standard InChI is InChI=1S/C15H15F2N5O2/c16-14(17)24-11-4-2-10(3-5-11)8-19-21-13(23)12-9-22-7-1-6-18-15(22)20-12/h2-5,8-9,14H,1,6-7H2,(H,18,20)(H,21,23)/b19-8-. The van der Waals surface area contributed by atoms with E-state index in [1.54, 1.807) is 18.3 Å². The quantitative estimate of drug-likeness (QED) is 0.647. The first-order valence-electron chi connectivity index (χ1n) is 7.31. The van der Waals surface area contributed by atoms with Crippen LogP contribution in [0.15, 0.2) is 35.6 Å². The number of carbonyl (C=O) groups excluding carboxylic acids is 1. The van der Waals surface area contributed by atoms with Crippen molar-refractivity contribution in [1.82, 2.24) is 15.0 Å². The molecule has 2 aromatic rings. The Morgan fingerprint density at radius 1 is 1.42 bits per heavy atom. The van der Waals surface area contributed by atoms with E-state index >= 15 is 0 Å². The van der Waals surface area contributed by atoms with Crippen LogP contribution in [0.5, 0.6) is 5.75 Å². The lowest BCUT2D eigenvalue weighted by Crippen LogP contribution is -2.18. The van der Waals surface area contributed by atoms with E-state index in [9.17, 15) is 13.6 Å². The Bertz CT molecular complexity index is 719. The number of fused-ring (bicyclic) bond motifs is 1. The number of anilines is 1. The van der Waals surface area contributed by atoms with E-state index in [0.29, 0.717) is 11.5 Å². The SMILES string of the molecule is O=C(N/N=C\c1ccc(OC(F)F)cc1)c1cn2c(n1)NCCC2. The Morgan fingerprint density at radius 2 is 2.21 bits per heavy atom. The molecule has 1 amide bonds. The number of hydrogen-bond donors (Lipinski definition) is 2. The molecule has 126 valence electrons. The van der Waals surface area contributed by atoms with E-state index in [4.69, 9.17) is 0 Å². The number of hydrogen-bond acceptors (Lipinski definition) is 5. The van der Waals surface area contributed by atoms with E-state index in [0.717, 1.165) is 19.5 Å². The molecule has 0 atom stereocenters. The van der Waals surface area contributed by atoms with Gasteiger partial charge in [-0.3, -0.25) is 4.79 Å². The Morgan fingerprint density at radius 3 is 2.92 bits per heavy atom. The number of aromatic nitrogens is 2. The summed E-state index contributed by atoms with van der Waals surface area (Å²) in [7, 11) is 0. The molecule has 0 bridgehead atoms. The Kier molecular flexibility index (Phi) is 4.69. The van der Waals surface area contributed by atoms with Crippen LogP contribution < -0.4 is 15.5 Å². The second kappa shape index (κ2) is 7.07. The lowest BCUT2D eigenvalue weighted by Gasteiger charge is -2.14. The van der Waals surface area contributed by atoms with E-state index in [2.05, 4.69) is 25.6 Å². The highest BCUT2D eigenvalue weighted by molar-refractivity contribution is 5.93. The van der Waals surface area contributed by atoms with Crippen molar-refractivity contribution in [2.45, 2.75) is 19.6 Å². The third kappa shape index (κ3) is 3.86. The van der Waals surface area contributed by atoms with Gasteiger partial charge >= 0.3 is 6.61 Å². The minimum atomic E-state index is -2.86. The van der Waals surface area contributed by atoms with Gasteiger partial charge in [0.05, 0.1) is 6.21 Å². The fourth-order valence-electron chi connectivity index (χ4n) is 2.24. The van der Waals surface area contributed by atoms with E-state index in [1.165, 1.54) is 18.3 Å². The topological polar surface area (TPSA) is 80.5 Å². The van der Waals surface area contributed by atoms with Crippen molar-refractivity contribution in [3.8, 4) is 5.75 Å². The van der Waals surface area contributed by atoms with Gasteiger partial charge in [0.1, 0.15) is 11.4 Å². The number of hydrazone groups is 1. The molecular formula is C15H15F2N5O2. The predicted octanol–water partition coefficient (Wildman–Crippen LogP) is 2.06. The van der Waals surface area contributed by atoms with Crippen molar-refractivity contribution >= 4 is 18.1 Å². The minimum absolute atomic E-state index is 0.0577. The van der Waals surface area contributed by atoms with Crippen LogP contribution in [0.1, 0.15) is 22.5 Å². The molecule has 1 aromatic heterocycles. The first-order valence-corrected chi connectivity index (χ1v) is 7.31. The average Bonchev–Trinajstić information content (AvgIpc) is 3.00. The summed E-state index contributed by atoms with van der Waals surface area (Å²) in [4.78, 5) is 16.2. The van der Waals surface area contributed by atoms with Crippen LogP contribution in [0, 0.1) is 0 Å². The molecule has 2 N–H and O–H groups in total. The summed E-state index contributed by atoms with van der Waals surface area (Å²) in [5.74, 6) is 0.305. The van der Waals surface area contributed by atoms with Gasteiger partial charge in [0, 0.05) is 19.3 Å². The molecule has 9 heteroatoms. The molecule has 0 fully saturated rings. The minimum Gasteiger partial charge on any atom is -0.435 e. The largest absolute Gasteiger partial charge is 0.435 e. The molecule has 2 heterocycles. The molecule has 0 unspecified atom stereocenters. The van der Waals surface area contributed by atoms with Crippen molar-refractivity contribution in [2.75, 3.05) is 11.9 Å². The molecule has 1 aliphatic rings. The number of rotatable bonds is 5. The first-order chi connectivity index (χ1) is 11.6. The van der Waals surface area contributed by atoms with Gasteiger partial charge in [0.15, 0.2) is 0 Å². The average molecular weight is 335 g/mol. The zero-order valence-electron chi connectivity index (χ0n) is 12.6. The highest BCUT2D eigenvalue weighted by Crippen LogP contribution is 2.15. The monoisotopic (exact) mass is 335 g/mol. The highest BCUT2D eigenvalue weighted by Gasteiger charge is 2.15. The number of amides is 1. The number of aryl methyl sites for hydroxylation is 1. The van der Waals surface area contributed by atoms with Crippen LogP contribution >= 0.6 is 0 Å². The van der Waals surface area contributed by atoms with Gasteiger partial charge in [0.25, 0.3) is 5.91 Å². The van der Waals surface area contributed by atoms with Gasteiger partial charge in [-0.1, -0.05) is 0 Å². The van der Waals surface area contributed by atoms with Gasteiger partial charge < -0.3 is 14.6 Å². The van der Waals surface area contributed by atoms with Crippen LogP contribution in [0.4, 0.5) is 14.7 Å². The molecule has 0 spiro atoms. The van der Waals surface area contributed by atoms with E-state index in [1.807, 2.05) is 4.57 Å². The highest BCUT2D eigenvalue weighted by atomic mass is 19.3. The zero-order valence-corrected chi connectivity index (χ0v) is 12.6. The molecule has 0 radical (unpaired) electrons. The maximum Gasteiger partial charge on any atom is 0.387 e. The van der Waals surface area contributed by atoms with E-state index < -0.39 is 12.5 Å². The molecule has 24 heavy (non-hydrogen) atoms. The third-order valence-electron chi connectivity index (χ3n) is 3.35. The Hall–Kier alpha value is -2.97. The predicted molar refractivity (Wildman–Crippen MR) is 83.5 cm³/mol. The van der Waals surface area contributed by atoms with Gasteiger partial charge in [-0.2, -0.15) is 13.9 Å². The summed E-state index contributed by atoms with van der Waals surface area (Å²) in [5, 5.41) is 6.94. The Labute approximate surface area is 136 Å². The lowest BCUT2D eigenvalue weighted by atomic mass is 10.2. The number of nitrogens with zero attached hydrogens (tertiary/aromatic N) is 3. The maximum absolute atomic E-state index is 12.1. The maximum atomic E-state index is 12.1. The molecule has 3 rings (SSSR count). The second-order valence-corrected chi connectivity index (χ2v) is 5.07. The van der Waals surface area contributed by atoms with Crippen LogP contribution in [0.3, 0.4) is 0 Å². The Balaban J connectivity index is 1.57. The summed E-state index contributed by atoms with van der Waals surface area (Å²) in [6.07, 6.45) is 4.05. The molecule has 7 nitrogen and oxygen atoms in total. The van der Waals surface area contributed by atoms with Crippen molar-refractivity contribution < 1.29 is 18.3 Å². The van der Waals surface area contributed by atoms with Gasteiger partial charge in [-0.25, -0.2) is 10.4 Å². The van der Waals surface area contributed by atoms with Crippen LogP contribution in [0.25, 0.3) is 0 Å². The van der Waals surface area contributed by atoms with Crippen molar-refractivity contribution in [3.05, 3.63) is 41.7 Å². The molecule has 0 aliphatic carbocycles. The number of imidazole rings is 1.